The molecule has 156 valence electrons. The average molecular weight is 405 g/mol. The largest absolute Gasteiger partial charge is 0.468 e. The Morgan fingerprint density at radius 1 is 0.933 bits per heavy atom. The molecule has 0 atom stereocenters. The first-order valence-electron chi connectivity index (χ1n) is 9.88. The summed E-state index contributed by atoms with van der Waals surface area (Å²) in [5.74, 6) is 0.583. The van der Waals surface area contributed by atoms with Crippen LogP contribution >= 0.6 is 0 Å². The monoisotopic (exact) mass is 405 g/mol. The van der Waals surface area contributed by atoms with Gasteiger partial charge in [-0.1, -0.05) is 30.3 Å². The minimum atomic E-state index is -0.123. The lowest BCUT2D eigenvalue weighted by atomic mass is 10.1. The number of nitrogens with one attached hydrogen (secondary N) is 2. The normalized spacial score (nSPS) is 10.8. The fraction of sp³-hybridized carbons (Fsp3) is 0.250. The van der Waals surface area contributed by atoms with Crippen LogP contribution in [0.1, 0.15) is 32.8 Å². The van der Waals surface area contributed by atoms with E-state index in [2.05, 4.69) is 10.6 Å². The average Bonchev–Trinajstić information content (AvgIpc) is 3.24. The van der Waals surface area contributed by atoms with Gasteiger partial charge in [0.05, 0.1) is 19.4 Å². The third kappa shape index (κ3) is 5.58. The van der Waals surface area contributed by atoms with Crippen molar-refractivity contribution in [2.45, 2.75) is 26.9 Å². The molecule has 2 amide bonds. The van der Waals surface area contributed by atoms with E-state index in [-0.39, 0.29) is 18.4 Å². The van der Waals surface area contributed by atoms with Crippen molar-refractivity contribution < 1.29 is 14.0 Å². The first kappa shape index (κ1) is 21.3. The molecule has 0 radical (unpaired) electrons. The molecule has 0 spiro atoms. The van der Waals surface area contributed by atoms with Gasteiger partial charge in [-0.3, -0.25) is 14.5 Å². The van der Waals surface area contributed by atoms with Crippen LogP contribution in [0.25, 0.3) is 0 Å². The summed E-state index contributed by atoms with van der Waals surface area (Å²) in [5.41, 5.74) is 4.53. The molecule has 0 aliphatic heterocycles. The van der Waals surface area contributed by atoms with Crippen molar-refractivity contribution in [2.24, 2.45) is 0 Å². The van der Waals surface area contributed by atoms with Crippen LogP contribution in [0.2, 0.25) is 0 Å². The summed E-state index contributed by atoms with van der Waals surface area (Å²) in [6, 6.07) is 17.1. The fourth-order valence-corrected chi connectivity index (χ4v) is 3.35. The number of carbonyl (C=O) groups excluding carboxylic acids is 2. The molecule has 6 nitrogen and oxygen atoms in total. The quantitative estimate of drug-likeness (QED) is 0.596. The maximum absolute atomic E-state index is 12.8. The smallest absolute Gasteiger partial charge is 0.251 e. The van der Waals surface area contributed by atoms with Crippen LogP contribution in [-0.4, -0.2) is 30.3 Å². The highest BCUT2D eigenvalue weighted by Crippen LogP contribution is 2.20. The Morgan fingerprint density at radius 3 is 2.23 bits per heavy atom. The lowest BCUT2D eigenvalue weighted by Gasteiger charge is -2.22. The molecule has 3 aromatic rings. The first-order chi connectivity index (χ1) is 14.5. The third-order valence-corrected chi connectivity index (χ3v) is 4.92. The predicted molar refractivity (Wildman–Crippen MR) is 117 cm³/mol. The zero-order valence-corrected chi connectivity index (χ0v) is 17.6. The molecule has 0 aliphatic rings. The third-order valence-electron chi connectivity index (χ3n) is 4.92. The SMILES string of the molecule is CNC(=O)c1ccc(CN(CC(=O)Nc2c(C)cccc2C)Cc2ccco2)cc1. The Labute approximate surface area is 176 Å². The number of furan rings is 1. The zero-order valence-electron chi connectivity index (χ0n) is 17.6. The molecular formula is C24H27N3O3. The van der Waals surface area contributed by atoms with Crippen LogP contribution in [0.15, 0.2) is 65.3 Å². The minimum absolute atomic E-state index is 0.0825. The van der Waals surface area contributed by atoms with E-state index in [1.807, 2.05) is 61.2 Å². The summed E-state index contributed by atoms with van der Waals surface area (Å²) in [6.45, 7) is 5.24. The zero-order chi connectivity index (χ0) is 21.5. The van der Waals surface area contributed by atoms with E-state index in [9.17, 15) is 9.59 Å². The van der Waals surface area contributed by atoms with Crippen molar-refractivity contribution in [3.8, 4) is 0 Å². The van der Waals surface area contributed by atoms with Crippen molar-refractivity contribution in [1.29, 1.82) is 0 Å². The van der Waals surface area contributed by atoms with E-state index in [0.29, 0.717) is 18.7 Å². The van der Waals surface area contributed by atoms with Gasteiger partial charge in [0.1, 0.15) is 5.76 Å². The lowest BCUT2D eigenvalue weighted by molar-refractivity contribution is -0.117. The molecule has 3 rings (SSSR count). The van der Waals surface area contributed by atoms with E-state index >= 15 is 0 Å². The molecule has 0 unspecified atom stereocenters. The van der Waals surface area contributed by atoms with E-state index in [1.165, 1.54) is 0 Å². The summed E-state index contributed by atoms with van der Waals surface area (Å²) < 4.78 is 5.48. The maximum Gasteiger partial charge on any atom is 0.251 e. The summed E-state index contributed by atoms with van der Waals surface area (Å²) in [4.78, 5) is 26.5. The topological polar surface area (TPSA) is 74.6 Å². The minimum Gasteiger partial charge on any atom is -0.468 e. The Bertz CT molecular complexity index is 975. The molecule has 0 aliphatic carbocycles. The molecule has 0 saturated carbocycles. The molecule has 1 heterocycles. The Balaban J connectivity index is 1.72. The number of rotatable bonds is 8. The highest BCUT2D eigenvalue weighted by molar-refractivity contribution is 5.94. The number of hydrogen-bond acceptors (Lipinski definition) is 4. The first-order valence-corrected chi connectivity index (χ1v) is 9.88. The van der Waals surface area contributed by atoms with Gasteiger partial charge in [-0.2, -0.15) is 0 Å². The van der Waals surface area contributed by atoms with Gasteiger partial charge < -0.3 is 15.1 Å². The molecule has 6 heteroatoms. The molecule has 30 heavy (non-hydrogen) atoms. The number of nitrogens with zero attached hydrogens (tertiary/aromatic N) is 1. The Hall–Kier alpha value is -3.38. The van der Waals surface area contributed by atoms with Gasteiger partial charge >= 0.3 is 0 Å². The van der Waals surface area contributed by atoms with Crippen LogP contribution in [0.3, 0.4) is 0 Å². The summed E-state index contributed by atoms with van der Waals surface area (Å²) in [5, 5.41) is 5.66. The summed E-state index contributed by atoms with van der Waals surface area (Å²) in [6.07, 6.45) is 1.63. The van der Waals surface area contributed by atoms with Crippen LogP contribution in [0.4, 0.5) is 5.69 Å². The van der Waals surface area contributed by atoms with Crippen molar-refractivity contribution in [3.63, 3.8) is 0 Å². The van der Waals surface area contributed by atoms with Crippen molar-refractivity contribution in [2.75, 3.05) is 18.9 Å². The second kappa shape index (κ2) is 9.89. The number of carbonyl (C=O) groups is 2. The Morgan fingerprint density at radius 2 is 1.63 bits per heavy atom. The van der Waals surface area contributed by atoms with E-state index < -0.39 is 0 Å². The van der Waals surface area contributed by atoms with E-state index in [1.54, 1.807) is 25.4 Å². The number of benzene rings is 2. The fourth-order valence-electron chi connectivity index (χ4n) is 3.35. The number of anilines is 1. The van der Waals surface area contributed by atoms with Gasteiger partial charge in [0.15, 0.2) is 0 Å². The van der Waals surface area contributed by atoms with Gasteiger partial charge in [0.25, 0.3) is 5.91 Å². The summed E-state index contributed by atoms with van der Waals surface area (Å²) in [7, 11) is 1.61. The van der Waals surface area contributed by atoms with Crippen molar-refractivity contribution in [3.05, 3.63) is 88.9 Å². The highest BCUT2D eigenvalue weighted by atomic mass is 16.3. The van der Waals surface area contributed by atoms with Gasteiger partial charge in [-0.25, -0.2) is 0 Å². The van der Waals surface area contributed by atoms with E-state index in [0.717, 1.165) is 28.1 Å². The number of para-hydroxylation sites is 1. The number of aryl methyl sites for hydroxylation is 2. The standard InChI is InChI=1S/C24H27N3O3/c1-17-6-4-7-18(2)23(17)26-22(28)16-27(15-21-8-5-13-30-21)14-19-9-11-20(12-10-19)24(29)25-3/h4-13H,14-16H2,1-3H3,(H,25,29)(H,26,28). The van der Waals surface area contributed by atoms with Crippen LogP contribution in [-0.2, 0) is 17.9 Å². The number of hydrogen-bond donors (Lipinski definition) is 2. The molecular weight excluding hydrogens is 378 g/mol. The van der Waals surface area contributed by atoms with Crippen molar-refractivity contribution >= 4 is 17.5 Å². The van der Waals surface area contributed by atoms with Crippen molar-refractivity contribution in [1.82, 2.24) is 10.2 Å². The van der Waals surface area contributed by atoms with Gasteiger partial charge in [0.2, 0.25) is 5.91 Å². The summed E-state index contributed by atoms with van der Waals surface area (Å²) >= 11 is 0. The van der Waals surface area contributed by atoms with Gasteiger partial charge in [-0.15, -0.1) is 0 Å². The second-order valence-corrected chi connectivity index (χ2v) is 7.32. The molecule has 0 saturated heterocycles. The highest BCUT2D eigenvalue weighted by Gasteiger charge is 2.15. The molecule has 0 fully saturated rings. The molecule has 0 bridgehead atoms. The second-order valence-electron chi connectivity index (χ2n) is 7.32. The van der Waals surface area contributed by atoms with Crippen LogP contribution in [0, 0.1) is 13.8 Å². The molecule has 2 N–H and O–H groups in total. The molecule has 1 aromatic heterocycles. The lowest BCUT2D eigenvalue weighted by Crippen LogP contribution is -2.32. The Kier molecular flexibility index (Phi) is 7.03. The number of amides is 2. The predicted octanol–water partition coefficient (Wildman–Crippen LogP) is 3.90. The molecule has 2 aromatic carbocycles. The maximum atomic E-state index is 12.8. The van der Waals surface area contributed by atoms with E-state index in [4.69, 9.17) is 4.42 Å². The van der Waals surface area contributed by atoms with Gasteiger partial charge in [0, 0.05) is 24.8 Å². The van der Waals surface area contributed by atoms with Crippen LogP contribution in [0.5, 0.6) is 0 Å². The van der Waals surface area contributed by atoms with Crippen LogP contribution < -0.4 is 10.6 Å². The van der Waals surface area contributed by atoms with Gasteiger partial charge in [-0.05, 0) is 54.8 Å².